The summed E-state index contributed by atoms with van der Waals surface area (Å²) >= 11 is 1.83. The third-order valence-corrected chi connectivity index (χ3v) is 10.9. The molecular formula is C43H43IrN2O2S-. The van der Waals surface area contributed by atoms with E-state index in [1.807, 2.05) is 39.0 Å². The second-order valence-electron chi connectivity index (χ2n) is 12.5. The van der Waals surface area contributed by atoms with Crippen LogP contribution in [-0.2, 0) is 37.7 Å². The van der Waals surface area contributed by atoms with Crippen molar-refractivity contribution in [3.05, 3.63) is 120 Å². The molecule has 0 spiro atoms. The number of benzene rings is 4. The third-order valence-electron chi connectivity index (χ3n) is 9.67. The minimum absolute atomic E-state index is 0. The molecule has 4 nitrogen and oxygen atoms in total. The van der Waals surface area contributed by atoms with Crippen LogP contribution in [0.4, 0.5) is 0 Å². The van der Waals surface area contributed by atoms with Gasteiger partial charge < -0.3 is 5.11 Å². The van der Waals surface area contributed by atoms with Gasteiger partial charge in [-0.1, -0.05) is 117 Å². The Morgan fingerprint density at radius 1 is 0.837 bits per heavy atom. The molecule has 1 N–H and O–H groups in total. The molecule has 0 aliphatic heterocycles. The van der Waals surface area contributed by atoms with Gasteiger partial charge >= 0.3 is 0 Å². The van der Waals surface area contributed by atoms with E-state index in [4.69, 9.17) is 9.97 Å². The molecule has 6 aromatic rings. The number of carbonyl (C=O) groups is 1. The van der Waals surface area contributed by atoms with Gasteiger partial charge in [0.2, 0.25) is 0 Å². The van der Waals surface area contributed by atoms with Gasteiger partial charge in [-0.25, -0.2) is 4.98 Å². The number of allylic oxidation sites excluding steroid dienone is 2. The number of aliphatic hydroxyl groups is 1. The molecule has 0 atom stereocenters. The fourth-order valence-electron chi connectivity index (χ4n) is 6.81. The number of rotatable bonds is 9. The maximum absolute atomic E-state index is 11.7. The molecule has 7 rings (SSSR count). The summed E-state index contributed by atoms with van der Waals surface area (Å²) in [5.41, 5.74) is 9.63. The zero-order valence-electron chi connectivity index (χ0n) is 28.6. The fraction of sp³-hybridized carbons (Fsp3) is 0.279. The molecule has 6 heteroatoms. The van der Waals surface area contributed by atoms with Crippen LogP contribution in [0.15, 0.2) is 103 Å². The first kappa shape index (κ1) is 36.3. The molecule has 2 heterocycles. The van der Waals surface area contributed by atoms with E-state index in [0.717, 1.165) is 65.4 Å². The molecule has 253 valence electrons. The van der Waals surface area contributed by atoms with E-state index in [9.17, 15) is 9.90 Å². The predicted molar refractivity (Wildman–Crippen MR) is 201 cm³/mol. The van der Waals surface area contributed by atoms with Crippen LogP contribution >= 0.6 is 11.3 Å². The molecular weight excluding hydrogens is 801 g/mol. The number of thiophene rings is 1. The van der Waals surface area contributed by atoms with Crippen LogP contribution in [0.3, 0.4) is 0 Å². The van der Waals surface area contributed by atoms with Crippen molar-refractivity contribution in [2.45, 2.75) is 66.2 Å². The summed E-state index contributed by atoms with van der Waals surface area (Å²) in [7, 11) is 0. The van der Waals surface area contributed by atoms with Gasteiger partial charge in [-0.05, 0) is 60.8 Å². The van der Waals surface area contributed by atoms with Gasteiger partial charge in [0.25, 0.3) is 0 Å². The molecule has 0 saturated heterocycles. The van der Waals surface area contributed by atoms with Gasteiger partial charge in [0, 0.05) is 53.3 Å². The van der Waals surface area contributed by atoms with Crippen molar-refractivity contribution in [2.24, 2.45) is 11.8 Å². The maximum Gasteiger partial charge on any atom is 0.162 e. The van der Waals surface area contributed by atoms with Crippen molar-refractivity contribution in [2.75, 3.05) is 0 Å². The Hall–Kier alpha value is -3.96. The molecule has 0 bridgehead atoms. The second-order valence-corrected chi connectivity index (χ2v) is 13.5. The Kier molecular flexibility index (Phi) is 12.3. The average molecular weight is 844 g/mol. The number of hydrogen-bond donors (Lipinski definition) is 1. The monoisotopic (exact) mass is 844 g/mol. The maximum atomic E-state index is 11.7. The largest absolute Gasteiger partial charge is 0.512 e. The van der Waals surface area contributed by atoms with Crippen LogP contribution in [0.5, 0.6) is 0 Å². The summed E-state index contributed by atoms with van der Waals surface area (Å²) in [5.74, 6) is 0.547. The Bertz CT molecular complexity index is 2080. The first-order chi connectivity index (χ1) is 23.5. The number of hydrogen-bond acceptors (Lipinski definition) is 5. The van der Waals surface area contributed by atoms with Crippen molar-refractivity contribution in [1.82, 2.24) is 9.97 Å². The van der Waals surface area contributed by atoms with E-state index in [0.29, 0.717) is 0 Å². The SMILES string of the molecule is CCC(CC)C(=O)/C=C(\O)C(CC)CC.[Ir].[c-]1c(-c2ncnc3c4c(sc23)-c2ccccc2CC4)cc(-c2ccccc2)c2ccccc12. The predicted octanol–water partition coefficient (Wildman–Crippen LogP) is 11.6. The summed E-state index contributed by atoms with van der Waals surface area (Å²) in [6, 6.07) is 33.7. The van der Waals surface area contributed by atoms with Gasteiger partial charge in [0.1, 0.15) is 6.33 Å². The van der Waals surface area contributed by atoms with Crippen LogP contribution in [0, 0.1) is 17.9 Å². The number of carbonyl (C=O) groups excluding carboxylic acids is 1. The summed E-state index contributed by atoms with van der Waals surface area (Å²) in [6.45, 7) is 8.07. The summed E-state index contributed by atoms with van der Waals surface area (Å²) in [6.07, 6.45) is 8.72. The quantitative estimate of drug-likeness (QED) is 0.0895. The summed E-state index contributed by atoms with van der Waals surface area (Å²) in [4.78, 5) is 22.6. The van der Waals surface area contributed by atoms with Crippen LogP contribution in [0.2, 0.25) is 0 Å². The minimum atomic E-state index is 0. The molecule has 0 fully saturated rings. The zero-order chi connectivity index (χ0) is 33.6. The Morgan fingerprint density at radius 2 is 1.51 bits per heavy atom. The Morgan fingerprint density at radius 3 is 2.24 bits per heavy atom. The number of nitrogens with zero attached hydrogens (tertiary/aromatic N) is 2. The van der Waals surface area contributed by atoms with E-state index in [1.165, 1.54) is 44.2 Å². The summed E-state index contributed by atoms with van der Waals surface area (Å²) in [5, 5.41) is 12.1. The van der Waals surface area contributed by atoms with Crippen molar-refractivity contribution < 1.29 is 30.0 Å². The number of fused-ring (bicyclic) bond motifs is 6. The standard InChI is InChI=1S/C30H19N2S.C13H24O2.Ir/c1-2-8-19(9-3-1)26-17-22(16-21-11-5-6-12-23(21)26)27-30-28(32-18-31-27)25-15-14-20-10-4-7-13-24(20)29(25)33-30;1-5-10(6-2)12(14)9-13(15)11(7-3)8-4;/h1-13,17-18H,14-15H2;9-11,14H,5-8H2,1-4H3;/q-1;;/b;12-9-;. The molecule has 1 radical (unpaired) electrons. The van der Waals surface area contributed by atoms with Crippen LogP contribution in [-0.4, -0.2) is 20.9 Å². The second kappa shape index (κ2) is 16.6. The van der Waals surface area contributed by atoms with E-state index in [-0.39, 0.29) is 43.5 Å². The van der Waals surface area contributed by atoms with E-state index >= 15 is 0 Å². The van der Waals surface area contributed by atoms with Gasteiger partial charge in [0.05, 0.1) is 11.3 Å². The smallest absolute Gasteiger partial charge is 0.162 e. The van der Waals surface area contributed by atoms with Crippen molar-refractivity contribution >= 4 is 38.1 Å². The number of ketones is 1. The Labute approximate surface area is 307 Å². The number of aromatic nitrogens is 2. The van der Waals surface area contributed by atoms with Crippen LogP contribution in [0.1, 0.15) is 64.5 Å². The molecule has 1 aliphatic carbocycles. The van der Waals surface area contributed by atoms with Crippen LogP contribution in [0.25, 0.3) is 53.8 Å². The van der Waals surface area contributed by atoms with Crippen molar-refractivity contribution in [1.29, 1.82) is 0 Å². The first-order valence-corrected chi connectivity index (χ1v) is 18.1. The molecule has 0 amide bonds. The molecule has 4 aromatic carbocycles. The van der Waals surface area contributed by atoms with Gasteiger partial charge in [-0.3, -0.25) is 9.78 Å². The van der Waals surface area contributed by atoms with Crippen molar-refractivity contribution in [3.63, 3.8) is 0 Å². The first-order valence-electron chi connectivity index (χ1n) is 17.3. The van der Waals surface area contributed by atoms with Gasteiger partial charge in [-0.2, -0.15) is 0 Å². The van der Waals surface area contributed by atoms with Crippen molar-refractivity contribution in [3.8, 4) is 32.8 Å². The average Bonchev–Trinajstić information content (AvgIpc) is 3.52. The number of aliphatic hydroxyl groups excluding tert-OH is 1. The minimum Gasteiger partial charge on any atom is -0.512 e. The molecule has 0 saturated carbocycles. The Balaban J connectivity index is 0.000000252. The topological polar surface area (TPSA) is 63.1 Å². The molecule has 2 aromatic heterocycles. The van der Waals surface area contributed by atoms with Gasteiger partial charge in [-0.15, -0.1) is 34.9 Å². The fourth-order valence-corrected chi connectivity index (χ4v) is 8.18. The molecule has 0 unspecified atom stereocenters. The normalized spacial score (nSPS) is 12.3. The zero-order valence-corrected chi connectivity index (χ0v) is 31.8. The number of aryl methyl sites for hydroxylation is 2. The molecule has 1 aliphatic rings. The van der Waals surface area contributed by atoms with Crippen LogP contribution < -0.4 is 0 Å². The summed E-state index contributed by atoms with van der Waals surface area (Å²) < 4.78 is 1.16. The van der Waals surface area contributed by atoms with E-state index in [1.54, 1.807) is 6.33 Å². The molecule has 49 heavy (non-hydrogen) atoms. The third kappa shape index (κ3) is 7.62. The van der Waals surface area contributed by atoms with E-state index in [2.05, 4.69) is 91.0 Å². The van der Waals surface area contributed by atoms with Gasteiger partial charge in [0.15, 0.2) is 5.78 Å². The van der Waals surface area contributed by atoms with E-state index < -0.39 is 0 Å².